The van der Waals surface area contributed by atoms with Gasteiger partial charge in [0.25, 0.3) is 0 Å². The number of hydrogen-bond acceptors (Lipinski definition) is 2. The molecule has 0 aromatic heterocycles. The summed E-state index contributed by atoms with van der Waals surface area (Å²) < 4.78 is 0. The van der Waals surface area contributed by atoms with Crippen molar-refractivity contribution in [3.63, 3.8) is 0 Å². The summed E-state index contributed by atoms with van der Waals surface area (Å²) in [6, 6.07) is 7.29. The quantitative estimate of drug-likeness (QED) is 0.674. The van der Waals surface area contributed by atoms with Crippen molar-refractivity contribution >= 4 is 11.4 Å². The zero-order chi connectivity index (χ0) is 8.10. The van der Waals surface area contributed by atoms with E-state index in [1.54, 1.807) is 12.1 Å². The van der Waals surface area contributed by atoms with E-state index in [9.17, 15) is 0 Å². The molecule has 1 aromatic carbocycles. The number of benzene rings is 1. The highest BCUT2D eigenvalue weighted by molar-refractivity contribution is 5.52. The maximum atomic E-state index is 7.30. The molecule has 1 rings (SSSR count). The third kappa shape index (κ3) is 2.47. The van der Waals surface area contributed by atoms with Gasteiger partial charge >= 0.3 is 0 Å². The van der Waals surface area contributed by atoms with Crippen LogP contribution in [0.25, 0.3) is 0 Å². The van der Waals surface area contributed by atoms with E-state index in [0.717, 1.165) is 12.2 Å². The molecule has 0 fully saturated rings. The fourth-order valence-electron chi connectivity index (χ4n) is 0.846. The van der Waals surface area contributed by atoms with Gasteiger partial charge in [-0.2, -0.15) is 0 Å². The average molecular weight is 150 g/mol. The van der Waals surface area contributed by atoms with Crippen LogP contribution in [0.4, 0.5) is 11.4 Å². The van der Waals surface area contributed by atoms with Crippen LogP contribution in [0.2, 0.25) is 0 Å². The molecule has 59 valence electrons. The second-order valence-electron chi connectivity index (χ2n) is 2.30. The van der Waals surface area contributed by atoms with E-state index in [1.165, 1.54) is 0 Å². The average Bonchev–Trinajstić information content (AvgIpc) is 2.01. The maximum Gasteiger partial charge on any atom is 0.0560 e. The standard InChI is InChI=1S/C8H12N3/c9-4-5-11-8-3-1-2-7(10)6-8/h1-3,6,10-11H,4-5,9H2. The molecule has 0 saturated heterocycles. The minimum atomic E-state index is 0.520. The smallest absolute Gasteiger partial charge is 0.0560 e. The van der Waals surface area contributed by atoms with Crippen LogP contribution in [0.3, 0.4) is 0 Å². The molecule has 0 aliphatic heterocycles. The predicted molar refractivity (Wildman–Crippen MR) is 46.7 cm³/mol. The first kappa shape index (κ1) is 7.88. The highest BCUT2D eigenvalue weighted by atomic mass is 14.9. The molecule has 0 unspecified atom stereocenters. The lowest BCUT2D eigenvalue weighted by Gasteiger charge is -2.03. The Morgan fingerprint density at radius 2 is 2.27 bits per heavy atom. The van der Waals surface area contributed by atoms with Crippen LogP contribution in [0.5, 0.6) is 0 Å². The van der Waals surface area contributed by atoms with Crippen molar-refractivity contribution in [1.29, 1.82) is 0 Å². The Labute approximate surface area is 66.4 Å². The molecule has 3 heteroatoms. The molecule has 4 N–H and O–H groups in total. The molecule has 0 saturated carbocycles. The molecule has 1 aromatic rings. The van der Waals surface area contributed by atoms with Crippen LogP contribution in [0.15, 0.2) is 24.3 Å². The SMILES string of the molecule is [NH]c1cccc(NCCN)c1. The van der Waals surface area contributed by atoms with Crippen LogP contribution in [0.1, 0.15) is 0 Å². The lowest BCUT2D eigenvalue weighted by Crippen LogP contribution is -2.12. The molecule has 0 amide bonds. The van der Waals surface area contributed by atoms with Crippen molar-refractivity contribution in [2.24, 2.45) is 5.73 Å². The summed E-state index contributed by atoms with van der Waals surface area (Å²) in [6.07, 6.45) is 0. The minimum Gasteiger partial charge on any atom is -0.384 e. The van der Waals surface area contributed by atoms with Gasteiger partial charge in [-0.25, -0.2) is 0 Å². The van der Waals surface area contributed by atoms with Crippen LogP contribution in [-0.2, 0) is 0 Å². The van der Waals surface area contributed by atoms with E-state index in [-0.39, 0.29) is 0 Å². The Balaban J connectivity index is 2.56. The van der Waals surface area contributed by atoms with E-state index in [1.807, 2.05) is 12.1 Å². The van der Waals surface area contributed by atoms with Gasteiger partial charge in [-0.15, -0.1) is 0 Å². The van der Waals surface area contributed by atoms with Gasteiger partial charge in [-0.1, -0.05) is 6.07 Å². The van der Waals surface area contributed by atoms with E-state index in [2.05, 4.69) is 5.32 Å². The van der Waals surface area contributed by atoms with Gasteiger partial charge in [0, 0.05) is 18.8 Å². The van der Waals surface area contributed by atoms with Gasteiger partial charge in [-0.05, 0) is 18.2 Å². The number of hydrogen-bond donors (Lipinski definition) is 2. The summed E-state index contributed by atoms with van der Waals surface area (Å²) in [6.45, 7) is 1.37. The monoisotopic (exact) mass is 150 g/mol. The van der Waals surface area contributed by atoms with Crippen LogP contribution >= 0.6 is 0 Å². The Hall–Kier alpha value is -1.22. The van der Waals surface area contributed by atoms with Crippen molar-refractivity contribution in [1.82, 2.24) is 5.73 Å². The molecule has 1 radical (unpaired) electrons. The van der Waals surface area contributed by atoms with Gasteiger partial charge in [0.05, 0.1) is 5.69 Å². The fraction of sp³-hybridized carbons (Fsp3) is 0.250. The topological polar surface area (TPSA) is 61.8 Å². The lowest BCUT2D eigenvalue weighted by molar-refractivity contribution is 1.02. The maximum absolute atomic E-state index is 7.30. The van der Waals surface area contributed by atoms with E-state index in [4.69, 9.17) is 11.5 Å². The van der Waals surface area contributed by atoms with Crippen molar-refractivity contribution in [3.8, 4) is 0 Å². The summed E-state index contributed by atoms with van der Waals surface area (Å²) in [4.78, 5) is 0. The first-order valence-electron chi connectivity index (χ1n) is 3.58. The van der Waals surface area contributed by atoms with Crippen LogP contribution < -0.4 is 16.8 Å². The second-order valence-corrected chi connectivity index (χ2v) is 2.30. The number of nitrogens with two attached hydrogens (primary N) is 1. The number of nitrogens with one attached hydrogen (secondary N) is 2. The van der Waals surface area contributed by atoms with E-state index >= 15 is 0 Å². The predicted octanol–water partition coefficient (Wildman–Crippen LogP) is 0.972. The molecule has 3 nitrogen and oxygen atoms in total. The largest absolute Gasteiger partial charge is 0.384 e. The molecule has 0 aliphatic rings. The molecule has 0 spiro atoms. The molecular weight excluding hydrogens is 138 g/mol. The molecule has 0 atom stereocenters. The van der Waals surface area contributed by atoms with Gasteiger partial charge in [0.1, 0.15) is 0 Å². The van der Waals surface area contributed by atoms with Gasteiger partial charge in [-0.3, -0.25) is 0 Å². The molecule has 0 heterocycles. The Kier molecular flexibility index (Phi) is 2.74. The fourth-order valence-corrected chi connectivity index (χ4v) is 0.846. The van der Waals surface area contributed by atoms with Gasteiger partial charge < -0.3 is 16.8 Å². The van der Waals surface area contributed by atoms with Crippen molar-refractivity contribution in [3.05, 3.63) is 24.3 Å². The second kappa shape index (κ2) is 3.83. The van der Waals surface area contributed by atoms with Gasteiger partial charge in [0.2, 0.25) is 0 Å². The Bertz CT molecular complexity index is 222. The summed E-state index contributed by atoms with van der Waals surface area (Å²) in [5, 5.41) is 3.09. The third-order valence-corrected chi connectivity index (χ3v) is 1.34. The summed E-state index contributed by atoms with van der Waals surface area (Å²) in [5.41, 5.74) is 14.1. The minimum absolute atomic E-state index is 0.520. The Morgan fingerprint density at radius 3 is 2.91 bits per heavy atom. The van der Waals surface area contributed by atoms with Crippen LogP contribution in [0, 0.1) is 0 Å². The third-order valence-electron chi connectivity index (χ3n) is 1.34. The van der Waals surface area contributed by atoms with Crippen LogP contribution in [-0.4, -0.2) is 13.1 Å². The van der Waals surface area contributed by atoms with Crippen molar-refractivity contribution in [2.45, 2.75) is 0 Å². The van der Waals surface area contributed by atoms with Gasteiger partial charge in [0.15, 0.2) is 0 Å². The summed E-state index contributed by atoms with van der Waals surface area (Å²) >= 11 is 0. The first-order valence-corrected chi connectivity index (χ1v) is 3.58. The summed E-state index contributed by atoms with van der Waals surface area (Å²) in [7, 11) is 0. The first-order chi connectivity index (χ1) is 5.33. The molecule has 0 aliphatic carbocycles. The van der Waals surface area contributed by atoms with Crippen molar-refractivity contribution < 1.29 is 0 Å². The molecule has 0 bridgehead atoms. The Morgan fingerprint density at radius 1 is 1.45 bits per heavy atom. The highest BCUT2D eigenvalue weighted by Gasteiger charge is 1.89. The molecule has 11 heavy (non-hydrogen) atoms. The highest BCUT2D eigenvalue weighted by Crippen LogP contribution is 2.11. The van der Waals surface area contributed by atoms with Crippen molar-refractivity contribution in [2.75, 3.05) is 18.4 Å². The zero-order valence-electron chi connectivity index (χ0n) is 6.30. The molecular formula is C8H12N3. The van der Waals surface area contributed by atoms with E-state index in [0.29, 0.717) is 12.2 Å². The number of rotatable bonds is 3. The number of anilines is 1. The normalized spacial score (nSPS) is 9.55. The zero-order valence-corrected chi connectivity index (χ0v) is 6.30. The summed E-state index contributed by atoms with van der Waals surface area (Å²) in [5.74, 6) is 0. The lowest BCUT2D eigenvalue weighted by atomic mass is 10.3. The van der Waals surface area contributed by atoms with E-state index < -0.39 is 0 Å².